The molecule has 0 aliphatic heterocycles. The highest BCUT2D eigenvalue weighted by Crippen LogP contribution is 2.20. The van der Waals surface area contributed by atoms with E-state index in [4.69, 9.17) is 0 Å². The Labute approximate surface area is 47.9 Å². The number of hydrogen-bond donors (Lipinski definition) is 0. The van der Waals surface area contributed by atoms with Crippen LogP contribution in [-0.4, -0.2) is 11.0 Å². The fraction of sp³-hybridized carbons (Fsp3) is 0.500. The average Bonchev–Trinajstić information content (AvgIpc) is 1.64. The number of carbonyl (C=O) groups excluding carboxylic acids is 2. The Balaban J connectivity index is 4.05. The summed E-state index contributed by atoms with van der Waals surface area (Å²) in [5.74, 6) is 0. The Morgan fingerprint density at radius 3 is 1.38 bits per heavy atom. The van der Waals surface area contributed by atoms with Gasteiger partial charge in [0.1, 0.15) is 0 Å². The van der Waals surface area contributed by atoms with Gasteiger partial charge in [0.05, 0.1) is 0 Å². The predicted octanol–water partition coefficient (Wildman–Crippen LogP) is 0.907. The third-order valence-electron chi connectivity index (χ3n) is 0.572. The molecule has 3 nitrogen and oxygen atoms in total. The van der Waals surface area contributed by atoms with E-state index in [1.807, 2.05) is 0 Å². The van der Waals surface area contributed by atoms with Crippen LogP contribution in [0.1, 0.15) is 13.8 Å². The van der Waals surface area contributed by atoms with Crippen LogP contribution in [-0.2, 0) is 14.2 Å². The lowest BCUT2D eigenvalue weighted by atomic mass is 10.9. The predicted molar refractivity (Wildman–Crippen MR) is 29.0 cm³/mol. The first-order valence-corrected chi connectivity index (χ1v) is 3.30. The van der Waals surface area contributed by atoms with Crippen molar-refractivity contribution in [2.45, 2.75) is 13.8 Å². The highest BCUT2D eigenvalue weighted by Gasteiger charge is 2.29. The third-order valence-corrected chi connectivity index (χ3v) is 1.72. The summed E-state index contributed by atoms with van der Waals surface area (Å²) in [5.41, 5.74) is -1.10. The van der Waals surface area contributed by atoms with Crippen molar-refractivity contribution in [2.75, 3.05) is 0 Å². The molecule has 0 aromatic rings. The van der Waals surface area contributed by atoms with Gasteiger partial charge < -0.3 is 0 Å². The summed E-state index contributed by atoms with van der Waals surface area (Å²) in [6, 6.07) is 0. The highest BCUT2D eigenvalue weighted by molar-refractivity contribution is 7.78. The van der Waals surface area contributed by atoms with Crippen LogP contribution in [0.25, 0.3) is 0 Å². The standard InChI is InChI=1S/C4H6O3P/c1-3(5)8(7)4(2)6/h1-2H3/q+1. The fourth-order valence-electron chi connectivity index (χ4n) is 0.222. The van der Waals surface area contributed by atoms with Gasteiger partial charge in [-0.15, -0.1) is 0 Å². The maximum atomic E-state index is 10.3. The molecule has 0 radical (unpaired) electrons. The lowest BCUT2D eigenvalue weighted by Crippen LogP contribution is -1.88. The molecular weight excluding hydrogens is 127 g/mol. The third kappa shape index (κ3) is 1.94. The molecule has 0 saturated carbocycles. The van der Waals surface area contributed by atoms with E-state index in [0.29, 0.717) is 0 Å². The summed E-state index contributed by atoms with van der Waals surface area (Å²) in [6.45, 7) is 2.28. The number of rotatable bonds is 2. The van der Waals surface area contributed by atoms with E-state index in [1.54, 1.807) is 0 Å². The molecule has 0 bridgehead atoms. The molecule has 0 saturated heterocycles. The van der Waals surface area contributed by atoms with Crippen LogP contribution in [0.4, 0.5) is 0 Å². The zero-order valence-corrected chi connectivity index (χ0v) is 5.57. The Hall–Kier alpha value is -0.560. The molecule has 0 aliphatic rings. The second-order valence-corrected chi connectivity index (χ2v) is 3.18. The van der Waals surface area contributed by atoms with E-state index in [1.165, 1.54) is 0 Å². The summed E-state index contributed by atoms with van der Waals surface area (Å²) in [7, 11) is -2.23. The van der Waals surface area contributed by atoms with Crippen molar-refractivity contribution in [3.8, 4) is 0 Å². The Morgan fingerprint density at radius 2 is 1.38 bits per heavy atom. The summed E-state index contributed by atoms with van der Waals surface area (Å²) >= 11 is 0. The molecule has 0 N–H and O–H groups in total. The van der Waals surface area contributed by atoms with Gasteiger partial charge in [-0.3, -0.25) is 0 Å². The second-order valence-electron chi connectivity index (χ2n) is 1.33. The Bertz CT molecular complexity index is 133. The minimum absolute atomic E-state index is 0.549. The maximum absolute atomic E-state index is 10.3. The van der Waals surface area contributed by atoms with E-state index >= 15 is 0 Å². The quantitative estimate of drug-likeness (QED) is 0.526. The summed E-state index contributed by atoms with van der Waals surface area (Å²) in [6.07, 6.45) is 0. The van der Waals surface area contributed by atoms with Crippen LogP contribution < -0.4 is 0 Å². The molecule has 8 heavy (non-hydrogen) atoms. The normalized spacial score (nSPS) is 8.25. The SMILES string of the molecule is CC(=O)[P+](=O)C(C)=O. The van der Waals surface area contributed by atoms with Crippen molar-refractivity contribution in [3.05, 3.63) is 0 Å². The van der Waals surface area contributed by atoms with Crippen LogP contribution in [0, 0.1) is 0 Å². The molecule has 44 valence electrons. The minimum Gasteiger partial charge on any atom is -0.240 e. The van der Waals surface area contributed by atoms with E-state index in [0.717, 1.165) is 13.8 Å². The first-order chi connectivity index (χ1) is 3.55. The summed E-state index contributed by atoms with van der Waals surface area (Å²) in [4.78, 5) is 20.2. The molecule has 0 fully saturated rings. The van der Waals surface area contributed by atoms with Crippen molar-refractivity contribution < 1.29 is 14.2 Å². The van der Waals surface area contributed by atoms with Gasteiger partial charge in [-0.05, 0) is 0 Å². The smallest absolute Gasteiger partial charge is 0.240 e. The lowest BCUT2D eigenvalue weighted by molar-refractivity contribution is -0.112. The molecule has 0 aromatic heterocycles. The van der Waals surface area contributed by atoms with E-state index < -0.39 is 18.8 Å². The molecule has 0 atom stereocenters. The molecule has 0 heterocycles. The molecule has 0 spiro atoms. The number of carbonyl (C=O) groups is 2. The van der Waals surface area contributed by atoms with Crippen LogP contribution in [0.5, 0.6) is 0 Å². The zero-order chi connectivity index (χ0) is 6.73. The minimum atomic E-state index is -2.23. The number of hydrogen-bond acceptors (Lipinski definition) is 3. The Kier molecular flexibility index (Phi) is 2.49. The van der Waals surface area contributed by atoms with Crippen molar-refractivity contribution in [3.63, 3.8) is 0 Å². The maximum Gasteiger partial charge on any atom is 0.490 e. The summed E-state index contributed by atoms with van der Waals surface area (Å²) in [5, 5.41) is 0. The van der Waals surface area contributed by atoms with Gasteiger partial charge in [0.25, 0.3) is 0 Å². The molecule has 0 rings (SSSR count). The van der Waals surface area contributed by atoms with Crippen molar-refractivity contribution in [2.24, 2.45) is 0 Å². The highest BCUT2D eigenvalue weighted by atomic mass is 31.1. The van der Waals surface area contributed by atoms with E-state index in [2.05, 4.69) is 0 Å². The van der Waals surface area contributed by atoms with Gasteiger partial charge in [-0.1, -0.05) is 4.57 Å². The van der Waals surface area contributed by atoms with Crippen molar-refractivity contribution in [1.29, 1.82) is 0 Å². The van der Waals surface area contributed by atoms with Gasteiger partial charge >= 0.3 is 18.8 Å². The molecule has 4 heteroatoms. The molecule has 0 amide bonds. The van der Waals surface area contributed by atoms with Gasteiger partial charge in [-0.2, -0.15) is 0 Å². The van der Waals surface area contributed by atoms with Gasteiger partial charge in [0, 0.05) is 13.8 Å². The zero-order valence-electron chi connectivity index (χ0n) is 4.67. The fourth-order valence-corrected chi connectivity index (χ4v) is 0.665. The lowest BCUT2D eigenvalue weighted by Gasteiger charge is -1.66. The Morgan fingerprint density at radius 1 is 1.12 bits per heavy atom. The monoisotopic (exact) mass is 133 g/mol. The van der Waals surface area contributed by atoms with Gasteiger partial charge in [-0.25, -0.2) is 9.59 Å². The van der Waals surface area contributed by atoms with Crippen LogP contribution >= 0.6 is 7.80 Å². The topological polar surface area (TPSA) is 51.2 Å². The second kappa shape index (κ2) is 2.68. The van der Waals surface area contributed by atoms with E-state index in [9.17, 15) is 14.2 Å². The van der Waals surface area contributed by atoms with Gasteiger partial charge in [0.2, 0.25) is 0 Å². The van der Waals surface area contributed by atoms with Gasteiger partial charge in [0.15, 0.2) is 0 Å². The van der Waals surface area contributed by atoms with Crippen molar-refractivity contribution >= 4 is 18.8 Å². The molecule has 0 aromatic carbocycles. The summed E-state index contributed by atoms with van der Waals surface area (Å²) < 4.78 is 10.3. The van der Waals surface area contributed by atoms with Crippen LogP contribution in [0.15, 0.2) is 0 Å². The first-order valence-electron chi connectivity index (χ1n) is 2.04. The van der Waals surface area contributed by atoms with Crippen molar-refractivity contribution in [1.82, 2.24) is 0 Å². The van der Waals surface area contributed by atoms with E-state index in [-0.39, 0.29) is 0 Å². The van der Waals surface area contributed by atoms with Crippen LogP contribution in [0.3, 0.4) is 0 Å². The first kappa shape index (κ1) is 7.44. The average molecular weight is 133 g/mol. The largest absolute Gasteiger partial charge is 0.490 e. The molecule has 0 aliphatic carbocycles. The molecule has 0 unspecified atom stereocenters. The van der Waals surface area contributed by atoms with Crippen LogP contribution in [0.2, 0.25) is 0 Å². The molecular formula is C4H6O3P+.